The molecule has 4 nitrogen and oxygen atoms in total. The number of imidazole rings is 1. The molecule has 1 aromatic heterocycles. The molecule has 4 heteroatoms. The maximum absolute atomic E-state index is 12.1. The monoisotopic (exact) mass is 246 g/mol. The van der Waals surface area contributed by atoms with Crippen molar-refractivity contribution in [1.82, 2.24) is 9.13 Å². The Morgan fingerprint density at radius 3 is 2.28 bits per heavy atom. The van der Waals surface area contributed by atoms with E-state index >= 15 is 0 Å². The lowest BCUT2D eigenvalue weighted by atomic mass is 9.91. The summed E-state index contributed by atoms with van der Waals surface area (Å²) in [7, 11) is 1.72. The molecule has 0 amide bonds. The third-order valence-corrected chi connectivity index (χ3v) is 3.19. The van der Waals surface area contributed by atoms with Gasteiger partial charge in [-0.3, -0.25) is 13.9 Å². The molecule has 2 rings (SSSR count). The summed E-state index contributed by atoms with van der Waals surface area (Å²) in [5.41, 5.74) is 1.08. The Balaban J connectivity index is 2.56. The highest BCUT2D eigenvalue weighted by molar-refractivity contribution is 5.85. The molecule has 0 N–H and O–H groups in total. The minimum atomic E-state index is -0.434. The molecule has 0 unspecified atom stereocenters. The number of fused-ring (bicyclic) bond motifs is 1. The van der Waals surface area contributed by atoms with Gasteiger partial charge in [0.15, 0.2) is 5.78 Å². The maximum Gasteiger partial charge on any atom is 0.329 e. The van der Waals surface area contributed by atoms with Gasteiger partial charge < -0.3 is 0 Å². The molecule has 1 aromatic carbocycles. The zero-order valence-electron chi connectivity index (χ0n) is 11.2. The molecular formula is C14H18N2O2. The number of nitrogens with zero attached hydrogens (tertiary/aromatic N) is 2. The summed E-state index contributed by atoms with van der Waals surface area (Å²) < 4.78 is 3.12. The molecule has 0 aliphatic heterocycles. The number of aromatic nitrogens is 2. The van der Waals surface area contributed by atoms with Crippen molar-refractivity contribution in [2.45, 2.75) is 27.3 Å². The number of hydrogen-bond donors (Lipinski definition) is 0. The molecular weight excluding hydrogens is 228 g/mol. The van der Waals surface area contributed by atoms with Crippen molar-refractivity contribution in [3.05, 3.63) is 34.7 Å². The van der Waals surface area contributed by atoms with Crippen LogP contribution in [0, 0.1) is 5.41 Å². The summed E-state index contributed by atoms with van der Waals surface area (Å²) in [6.07, 6.45) is 0. The zero-order valence-corrected chi connectivity index (χ0v) is 11.2. The highest BCUT2D eigenvalue weighted by Gasteiger charge is 2.23. The molecule has 0 aliphatic carbocycles. The van der Waals surface area contributed by atoms with Crippen LogP contribution >= 0.6 is 0 Å². The van der Waals surface area contributed by atoms with Gasteiger partial charge in [0.1, 0.15) is 0 Å². The van der Waals surface area contributed by atoms with Crippen LogP contribution in [0.2, 0.25) is 0 Å². The van der Waals surface area contributed by atoms with E-state index in [1.165, 1.54) is 0 Å². The lowest BCUT2D eigenvalue weighted by Gasteiger charge is -2.16. The first kappa shape index (κ1) is 12.6. The van der Waals surface area contributed by atoms with E-state index in [4.69, 9.17) is 0 Å². The third kappa shape index (κ3) is 1.98. The van der Waals surface area contributed by atoms with Crippen LogP contribution in [0.4, 0.5) is 0 Å². The summed E-state index contributed by atoms with van der Waals surface area (Å²) in [6, 6.07) is 7.51. The van der Waals surface area contributed by atoms with Gasteiger partial charge in [0.2, 0.25) is 0 Å². The highest BCUT2D eigenvalue weighted by Crippen LogP contribution is 2.17. The second kappa shape index (κ2) is 4.12. The van der Waals surface area contributed by atoms with Gasteiger partial charge in [-0.2, -0.15) is 0 Å². The number of carbonyl (C=O) groups excluding carboxylic acids is 1. The number of Topliss-reactive ketones (excluding diaryl/α,β-unsaturated/α-hetero) is 1. The van der Waals surface area contributed by atoms with E-state index < -0.39 is 5.41 Å². The van der Waals surface area contributed by atoms with Crippen molar-refractivity contribution < 1.29 is 4.79 Å². The number of benzene rings is 1. The van der Waals surface area contributed by atoms with E-state index in [2.05, 4.69) is 0 Å². The zero-order chi connectivity index (χ0) is 13.5. The van der Waals surface area contributed by atoms with Gasteiger partial charge in [0.25, 0.3) is 0 Å². The minimum absolute atomic E-state index is 0.0564. The largest absolute Gasteiger partial charge is 0.329 e. The average Bonchev–Trinajstić information content (AvgIpc) is 2.54. The van der Waals surface area contributed by atoms with E-state index in [0.29, 0.717) is 0 Å². The van der Waals surface area contributed by atoms with Gasteiger partial charge in [-0.05, 0) is 12.1 Å². The van der Waals surface area contributed by atoms with Crippen LogP contribution in [0.15, 0.2) is 29.1 Å². The predicted molar refractivity (Wildman–Crippen MR) is 71.6 cm³/mol. The van der Waals surface area contributed by atoms with Crippen molar-refractivity contribution >= 4 is 16.8 Å². The number of ketones is 1. The molecule has 0 radical (unpaired) electrons. The molecule has 0 saturated heterocycles. The Labute approximate surface area is 106 Å². The fourth-order valence-electron chi connectivity index (χ4n) is 1.90. The van der Waals surface area contributed by atoms with E-state index in [0.717, 1.165) is 11.0 Å². The number of aryl methyl sites for hydroxylation is 1. The minimum Gasteiger partial charge on any atom is -0.297 e. The van der Waals surface area contributed by atoms with Gasteiger partial charge in [-0.25, -0.2) is 4.79 Å². The summed E-state index contributed by atoms with van der Waals surface area (Å²) in [5, 5.41) is 0. The first-order valence-electron chi connectivity index (χ1n) is 6.00. The van der Waals surface area contributed by atoms with Crippen LogP contribution in [0.5, 0.6) is 0 Å². The number of hydrogen-bond acceptors (Lipinski definition) is 2. The van der Waals surface area contributed by atoms with Crippen LogP contribution in [-0.4, -0.2) is 14.9 Å². The summed E-state index contributed by atoms with van der Waals surface area (Å²) in [5.74, 6) is 0.0564. The van der Waals surface area contributed by atoms with Gasteiger partial charge in [0.05, 0.1) is 17.6 Å². The number of para-hydroxylation sites is 2. The first-order valence-corrected chi connectivity index (χ1v) is 6.00. The number of rotatable bonds is 2. The predicted octanol–water partition coefficient (Wildman–Crippen LogP) is 1.96. The SMILES string of the molecule is Cn1c(=O)n(CC(=O)C(C)(C)C)c2ccccc21. The second-order valence-corrected chi connectivity index (χ2v) is 5.59. The molecule has 0 bridgehead atoms. The summed E-state index contributed by atoms with van der Waals surface area (Å²) in [4.78, 5) is 24.2. The van der Waals surface area contributed by atoms with Crippen molar-refractivity contribution in [2.24, 2.45) is 12.5 Å². The Kier molecular flexibility index (Phi) is 2.89. The van der Waals surface area contributed by atoms with Crippen LogP contribution < -0.4 is 5.69 Å². The number of carbonyl (C=O) groups is 1. The lowest BCUT2D eigenvalue weighted by Crippen LogP contribution is -2.31. The Morgan fingerprint density at radius 1 is 1.17 bits per heavy atom. The van der Waals surface area contributed by atoms with E-state index in [1.807, 2.05) is 45.0 Å². The summed E-state index contributed by atoms with van der Waals surface area (Å²) >= 11 is 0. The summed E-state index contributed by atoms with van der Waals surface area (Å²) in [6.45, 7) is 5.73. The highest BCUT2D eigenvalue weighted by atomic mass is 16.2. The molecule has 2 aromatic rings. The standard InChI is InChI=1S/C14H18N2O2/c1-14(2,3)12(17)9-16-11-8-6-5-7-10(11)15(4)13(16)18/h5-8H,9H2,1-4H3. The molecule has 0 atom stereocenters. The van der Waals surface area contributed by atoms with Crippen LogP contribution in [0.3, 0.4) is 0 Å². The Hall–Kier alpha value is -1.84. The van der Waals surface area contributed by atoms with Crippen molar-refractivity contribution in [2.75, 3.05) is 0 Å². The molecule has 0 spiro atoms. The average molecular weight is 246 g/mol. The topological polar surface area (TPSA) is 44.0 Å². The van der Waals surface area contributed by atoms with Crippen LogP contribution in [0.25, 0.3) is 11.0 Å². The van der Waals surface area contributed by atoms with Crippen molar-refractivity contribution in [3.63, 3.8) is 0 Å². The van der Waals surface area contributed by atoms with Gasteiger partial charge in [-0.1, -0.05) is 32.9 Å². The quantitative estimate of drug-likeness (QED) is 0.813. The third-order valence-electron chi connectivity index (χ3n) is 3.19. The molecule has 96 valence electrons. The molecule has 0 aliphatic rings. The molecule has 0 saturated carbocycles. The second-order valence-electron chi connectivity index (χ2n) is 5.59. The van der Waals surface area contributed by atoms with Gasteiger partial charge in [-0.15, -0.1) is 0 Å². The fraction of sp³-hybridized carbons (Fsp3) is 0.429. The van der Waals surface area contributed by atoms with E-state index in [-0.39, 0.29) is 18.0 Å². The van der Waals surface area contributed by atoms with Gasteiger partial charge >= 0.3 is 5.69 Å². The lowest BCUT2D eigenvalue weighted by molar-refractivity contribution is -0.126. The van der Waals surface area contributed by atoms with Crippen LogP contribution in [0.1, 0.15) is 20.8 Å². The first-order chi connectivity index (χ1) is 8.32. The molecule has 18 heavy (non-hydrogen) atoms. The molecule has 0 fully saturated rings. The van der Waals surface area contributed by atoms with E-state index in [1.54, 1.807) is 16.2 Å². The van der Waals surface area contributed by atoms with Gasteiger partial charge in [0, 0.05) is 12.5 Å². The Bertz CT molecular complexity index is 656. The van der Waals surface area contributed by atoms with E-state index in [9.17, 15) is 9.59 Å². The Morgan fingerprint density at radius 2 is 1.72 bits per heavy atom. The van der Waals surface area contributed by atoms with Crippen LogP contribution in [-0.2, 0) is 18.4 Å². The van der Waals surface area contributed by atoms with Crippen molar-refractivity contribution in [1.29, 1.82) is 0 Å². The van der Waals surface area contributed by atoms with Crippen molar-refractivity contribution in [3.8, 4) is 0 Å². The normalized spacial score (nSPS) is 12.0. The maximum atomic E-state index is 12.1. The molecule has 1 heterocycles. The smallest absolute Gasteiger partial charge is 0.297 e. The fourth-order valence-corrected chi connectivity index (χ4v) is 1.90.